The van der Waals surface area contributed by atoms with E-state index in [1.807, 2.05) is 26.1 Å². The normalized spacial score (nSPS) is 17.2. The van der Waals surface area contributed by atoms with E-state index in [1.165, 1.54) is 37.3 Å². The first-order valence-corrected chi connectivity index (χ1v) is 13.4. The van der Waals surface area contributed by atoms with Crippen molar-refractivity contribution in [2.75, 3.05) is 50.0 Å². The second kappa shape index (κ2) is 10.9. The summed E-state index contributed by atoms with van der Waals surface area (Å²) < 4.78 is 16.3. The van der Waals surface area contributed by atoms with E-state index < -0.39 is 0 Å². The van der Waals surface area contributed by atoms with Crippen LogP contribution in [0.5, 0.6) is 0 Å². The second-order valence-corrected chi connectivity index (χ2v) is 10.1. The van der Waals surface area contributed by atoms with Gasteiger partial charge in [-0.3, -0.25) is 0 Å². The molecule has 3 aromatic rings. The Morgan fingerprint density at radius 1 is 1.06 bits per heavy atom. The van der Waals surface area contributed by atoms with Gasteiger partial charge in [0.1, 0.15) is 29.6 Å². The minimum atomic E-state index is -0.169. The number of nitrogens with one attached hydrogen (secondary N) is 1. The van der Waals surface area contributed by atoms with E-state index in [1.54, 1.807) is 12.4 Å². The van der Waals surface area contributed by atoms with E-state index in [2.05, 4.69) is 42.8 Å². The summed E-state index contributed by atoms with van der Waals surface area (Å²) in [4.78, 5) is 19.2. The first-order valence-electron chi connectivity index (χ1n) is 13.4. The molecule has 1 aromatic carbocycles. The highest BCUT2D eigenvalue weighted by Gasteiger charge is 2.27. The number of imidazole rings is 1. The maximum absolute atomic E-state index is 13.9. The molecule has 0 spiro atoms. The van der Waals surface area contributed by atoms with Crippen molar-refractivity contribution in [1.29, 1.82) is 0 Å². The van der Waals surface area contributed by atoms with E-state index in [0.717, 1.165) is 68.3 Å². The molecule has 0 amide bonds. The van der Waals surface area contributed by atoms with Crippen LogP contribution >= 0.6 is 0 Å². The van der Waals surface area contributed by atoms with Crippen LogP contribution in [0.1, 0.15) is 55.5 Å². The van der Waals surface area contributed by atoms with Gasteiger partial charge in [-0.25, -0.2) is 19.3 Å². The average molecular weight is 492 g/mol. The number of aryl methyl sites for hydroxylation is 1. The van der Waals surface area contributed by atoms with Gasteiger partial charge in [0.25, 0.3) is 0 Å². The van der Waals surface area contributed by atoms with E-state index >= 15 is 0 Å². The smallest absolute Gasteiger partial charge is 0.137 e. The summed E-state index contributed by atoms with van der Waals surface area (Å²) in [5.41, 5.74) is 3.77. The van der Waals surface area contributed by atoms with Crippen LogP contribution in [-0.4, -0.2) is 64.2 Å². The third-order valence-electron chi connectivity index (χ3n) is 7.79. The predicted molar refractivity (Wildman–Crippen MR) is 143 cm³/mol. The molecule has 8 heteroatoms. The molecular formula is C28H38FN7. The molecule has 0 atom stereocenters. The van der Waals surface area contributed by atoms with Gasteiger partial charge in [0, 0.05) is 56.5 Å². The monoisotopic (exact) mass is 491 g/mol. The molecule has 5 rings (SSSR count). The fraction of sp³-hybridized carbons (Fsp3) is 0.536. The van der Waals surface area contributed by atoms with E-state index in [0.29, 0.717) is 11.5 Å². The van der Waals surface area contributed by atoms with Crippen LogP contribution in [0.15, 0.2) is 30.7 Å². The van der Waals surface area contributed by atoms with Crippen molar-refractivity contribution in [1.82, 2.24) is 24.4 Å². The van der Waals surface area contributed by atoms with Gasteiger partial charge in [-0.05, 0) is 75.9 Å². The van der Waals surface area contributed by atoms with E-state index in [9.17, 15) is 4.39 Å². The molecule has 0 radical (unpaired) electrons. The van der Waals surface area contributed by atoms with Crippen LogP contribution in [0.25, 0.3) is 11.3 Å². The van der Waals surface area contributed by atoms with Gasteiger partial charge in [-0.1, -0.05) is 6.92 Å². The zero-order valence-corrected chi connectivity index (χ0v) is 21.8. The topological polar surface area (TPSA) is 62.1 Å². The van der Waals surface area contributed by atoms with Gasteiger partial charge in [0.15, 0.2) is 0 Å². The summed E-state index contributed by atoms with van der Waals surface area (Å²) in [6.45, 7) is 10.3. The molecule has 0 bridgehead atoms. The first kappa shape index (κ1) is 24.7. The number of benzene rings is 1. The SMILES string of the molecule is CCc1c(NC)ncnc1N1CCC(c2nc(-c3ccc(F)c(C)c3)cn2CCN2CCCC2)CC1. The number of likely N-dealkylation sites (tertiary alicyclic amines) is 1. The molecule has 1 N–H and O–H groups in total. The van der Waals surface area contributed by atoms with Gasteiger partial charge in [-0.2, -0.15) is 0 Å². The van der Waals surface area contributed by atoms with Crippen molar-refractivity contribution in [3.63, 3.8) is 0 Å². The number of halogens is 1. The molecule has 2 saturated heterocycles. The minimum absolute atomic E-state index is 0.169. The molecule has 2 fully saturated rings. The quantitative estimate of drug-likeness (QED) is 0.485. The predicted octanol–water partition coefficient (Wildman–Crippen LogP) is 4.87. The Morgan fingerprint density at radius 3 is 2.53 bits per heavy atom. The zero-order valence-electron chi connectivity index (χ0n) is 21.8. The Bertz CT molecular complexity index is 1180. The fourth-order valence-corrected chi connectivity index (χ4v) is 5.70. The van der Waals surface area contributed by atoms with Gasteiger partial charge >= 0.3 is 0 Å². The van der Waals surface area contributed by atoms with E-state index in [4.69, 9.17) is 4.98 Å². The van der Waals surface area contributed by atoms with Crippen LogP contribution in [0, 0.1) is 12.7 Å². The number of piperidine rings is 1. The number of aromatic nitrogens is 4. The lowest BCUT2D eigenvalue weighted by Gasteiger charge is -2.34. The van der Waals surface area contributed by atoms with Crippen LogP contribution in [0.4, 0.5) is 16.0 Å². The lowest BCUT2D eigenvalue weighted by Crippen LogP contribution is -2.35. The molecule has 0 saturated carbocycles. The molecule has 4 heterocycles. The highest BCUT2D eigenvalue weighted by Crippen LogP contribution is 2.34. The number of hydrogen-bond donors (Lipinski definition) is 1. The summed E-state index contributed by atoms with van der Waals surface area (Å²) in [5.74, 6) is 3.36. The molecule has 36 heavy (non-hydrogen) atoms. The van der Waals surface area contributed by atoms with Crippen LogP contribution in [-0.2, 0) is 13.0 Å². The Kier molecular flexibility index (Phi) is 7.51. The molecule has 7 nitrogen and oxygen atoms in total. The van der Waals surface area contributed by atoms with Crippen molar-refractivity contribution in [2.45, 2.75) is 58.4 Å². The van der Waals surface area contributed by atoms with Crippen molar-refractivity contribution in [3.05, 3.63) is 53.5 Å². The summed E-state index contributed by atoms with van der Waals surface area (Å²) in [7, 11) is 1.92. The zero-order chi connectivity index (χ0) is 25.1. The summed E-state index contributed by atoms with van der Waals surface area (Å²) in [5, 5.41) is 3.21. The highest BCUT2D eigenvalue weighted by molar-refractivity contribution is 5.60. The van der Waals surface area contributed by atoms with Crippen molar-refractivity contribution in [2.24, 2.45) is 0 Å². The molecular weight excluding hydrogens is 453 g/mol. The molecule has 2 aliphatic rings. The Morgan fingerprint density at radius 2 is 1.83 bits per heavy atom. The van der Waals surface area contributed by atoms with Crippen LogP contribution in [0.3, 0.4) is 0 Å². The molecule has 0 aliphatic carbocycles. The third-order valence-corrected chi connectivity index (χ3v) is 7.79. The third kappa shape index (κ3) is 5.09. The van der Waals surface area contributed by atoms with Crippen molar-refractivity contribution < 1.29 is 4.39 Å². The maximum atomic E-state index is 13.9. The Balaban J connectivity index is 1.37. The molecule has 192 valence electrons. The van der Waals surface area contributed by atoms with Gasteiger partial charge in [-0.15, -0.1) is 0 Å². The Hall–Kier alpha value is -3.00. The van der Waals surface area contributed by atoms with Gasteiger partial charge in [0.05, 0.1) is 5.69 Å². The van der Waals surface area contributed by atoms with Crippen LogP contribution in [0.2, 0.25) is 0 Å². The summed E-state index contributed by atoms with van der Waals surface area (Å²) in [6, 6.07) is 5.32. The van der Waals surface area contributed by atoms with E-state index in [-0.39, 0.29) is 5.82 Å². The summed E-state index contributed by atoms with van der Waals surface area (Å²) in [6.07, 6.45) is 9.40. The van der Waals surface area contributed by atoms with Crippen molar-refractivity contribution >= 4 is 11.6 Å². The van der Waals surface area contributed by atoms with Gasteiger partial charge in [0.2, 0.25) is 0 Å². The van der Waals surface area contributed by atoms with Crippen LogP contribution < -0.4 is 10.2 Å². The lowest BCUT2D eigenvalue weighted by atomic mass is 9.95. The van der Waals surface area contributed by atoms with Gasteiger partial charge < -0.3 is 19.7 Å². The molecule has 2 aliphatic heterocycles. The fourth-order valence-electron chi connectivity index (χ4n) is 5.70. The number of nitrogens with zero attached hydrogens (tertiary/aromatic N) is 6. The minimum Gasteiger partial charge on any atom is -0.373 e. The Labute approximate surface area is 213 Å². The number of hydrogen-bond acceptors (Lipinski definition) is 6. The number of anilines is 2. The maximum Gasteiger partial charge on any atom is 0.137 e. The lowest BCUT2D eigenvalue weighted by molar-refractivity contribution is 0.317. The largest absolute Gasteiger partial charge is 0.373 e. The summed E-state index contributed by atoms with van der Waals surface area (Å²) >= 11 is 0. The molecule has 2 aromatic heterocycles. The van der Waals surface area contributed by atoms with Crippen molar-refractivity contribution in [3.8, 4) is 11.3 Å². The second-order valence-electron chi connectivity index (χ2n) is 10.1. The number of rotatable bonds is 8. The first-order chi connectivity index (χ1) is 17.6. The average Bonchev–Trinajstić information content (AvgIpc) is 3.59. The molecule has 0 unspecified atom stereocenters. The highest BCUT2D eigenvalue weighted by atomic mass is 19.1. The standard InChI is InChI=1S/C28H38FN7/c1-4-23-26(30-3)31-19-32-28(23)35-13-9-21(10-14-35)27-33-25(22-7-8-24(29)20(2)17-22)18-36(27)16-15-34-11-5-6-12-34/h7-8,17-19,21H,4-6,9-16H2,1-3H3,(H,30,31,32).